The molecule has 1 saturated heterocycles. The second-order valence-electron chi connectivity index (χ2n) is 6.84. The predicted molar refractivity (Wildman–Crippen MR) is 110 cm³/mol. The molecule has 0 atom stereocenters. The molecule has 0 bridgehead atoms. The third-order valence-corrected chi connectivity index (χ3v) is 6.35. The maximum atomic E-state index is 12.7. The monoisotopic (exact) mass is 415 g/mol. The van der Waals surface area contributed by atoms with E-state index >= 15 is 0 Å². The second kappa shape index (κ2) is 7.14. The zero-order chi connectivity index (χ0) is 19.1. The molecule has 3 aromatic rings. The van der Waals surface area contributed by atoms with Crippen LogP contribution in [0.5, 0.6) is 11.5 Å². The summed E-state index contributed by atoms with van der Waals surface area (Å²) < 4.78 is 11.8. The molecule has 8 heteroatoms. The van der Waals surface area contributed by atoms with Gasteiger partial charge in [-0.3, -0.25) is 4.79 Å². The summed E-state index contributed by atoms with van der Waals surface area (Å²) in [5.74, 6) is 1.59. The number of hydrogen-bond acceptors (Lipinski definition) is 6. The molecule has 0 radical (unpaired) electrons. The number of anilines is 1. The van der Waals surface area contributed by atoms with Crippen LogP contribution in [-0.4, -0.2) is 48.8 Å². The quantitative estimate of drug-likeness (QED) is 0.654. The van der Waals surface area contributed by atoms with Crippen LogP contribution in [0.4, 0.5) is 5.13 Å². The number of fused-ring (bicyclic) bond motifs is 2. The summed E-state index contributed by atoms with van der Waals surface area (Å²) in [6.45, 7) is 3.19. The molecule has 0 aliphatic carbocycles. The van der Waals surface area contributed by atoms with Crippen LogP contribution in [0.25, 0.3) is 10.2 Å². The van der Waals surface area contributed by atoms with Gasteiger partial charge in [0.2, 0.25) is 12.7 Å². The summed E-state index contributed by atoms with van der Waals surface area (Å²) in [6, 6.07) is 11.4. The van der Waals surface area contributed by atoms with Crippen molar-refractivity contribution in [2.75, 3.05) is 37.9 Å². The third kappa shape index (κ3) is 3.36. The van der Waals surface area contributed by atoms with Gasteiger partial charge in [-0.1, -0.05) is 29.0 Å². The van der Waals surface area contributed by atoms with E-state index in [0.717, 1.165) is 44.8 Å². The lowest BCUT2D eigenvalue weighted by Crippen LogP contribution is -2.49. The van der Waals surface area contributed by atoms with Crippen LogP contribution in [0.15, 0.2) is 36.4 Å². The van der Waals surface area contributed by atoms with Gasteiger partial charge in [0.25, 0.3) is 0 Å². The van der Waals surface area contributed by atoms with Crippen LogP contribution in [0.3, 0.4) is 0 Å². The van der Waals surface area contributed by atoms with Gasteiger partial charge in [-0.25, -0.2) is 4.98 Å². The van der Waals surface area contributed by atoms with E-state index in [9.17, 15) is 4.79 Å². The Labute approximate surface area is 171 Å². The Morgan fingerprint density at radius 2 is 1.89 bits per heavy atom. The molecular weight excluding hydrogens is 398 g/mol. The van der Waals surface area contributed by atoms with Crippen LogP contribution in [-0.2, 0) is 11.2 Å². The highest BCUT2D eigenvalue weighted by Gasteiger charge is 2.24. The Kier molecular flexibility index (Phi) is 4.49. The average Bonchev–Trinajstić information content (AvgIpc) is 3.34. The number of aromatic nitrogens is 1. The molecule has 0 unspecified atom stereocenters. The van der Waals surface area contributed by atoms with Crippen molar-refractivity contribution in [3.63, 3.8) is 0 Å². The summed E-state index contributed by atoms with van der Waals surface area (Å²) in [5, 5.41) is 1.71. The minimum absolute atomic E-state index is 0.134. The van der Waals surface area contributed by atoms with Crippen molar-refractivity contribution in [1.82, 2.24) is 9.88 Å². The smallest absolute Gasteiger partial charge is 0.231 e. The highest BCUT2D eigenvalue weighted by Crippen LogP contribution is 2.33. The number of rotatable bonds is 3. The maximum Gasteiger partial charge on any atom is 0.231 e. The number of benzene rings is 2. The average molecular weight is 416 g/mol. The van der Waals surface area contributed by atoms with Gasteiger partial charge in [-0.15, -0.1) is 0 Å². The fraction of sp³-hybridized carbons (Fsp3) is 0.300. The normalized spacial score (nSPS) is 16.0. The zero-order valence-electron chi connectivity index (χ0n) is 15.1. The van der Waals surface area contributed by atoms with Gasteiger partial charge < -0.3 is 19.3 Å². The molecule has 1 amide bonds. The van der Waals surface area contributed by atoms with Gasteiger partial charge in [-0.2, -0.15) is 0 Å². The lowest BCUT2D eigenvalue weighted by molar-refractivity contribution is -0.130. The summed E-state index contributed by atoms with van der Waals surface area (Å²) in [6.07, 6.45) is 0.371. The maximum absolute atomic E-state index is 12.7. The number of amides is 1. The Morgan fingerprint density at radius 1 is 1.07 bits per heavy atom. The summed E-state index contributed by atoms with van der Waals surface area (Å²) in [5.41, 5.74) is 1.91. The Morgan fingerprint density at radius 3 is 2.75 bits per heavy atom. The molecule has 1 fully saturated rings. The minimum Gasteiger partial charge on any atom is -0.454 e. The van der Waals surface area contributed by atoms with Crippen molar-refractivity contribution in [1.29, 1.82) is 0 Å². The number of halogens is 1. The van der Waals surface area contributed by atoms with Gasteiger partial charge >= 0.3 is 0 Å². The molecule has 6 nitrogen and oxygen atoms in total. The van der Waals surface area contributed by atoms with E-state index in [1.165, 1.54) is 0 Å². The van der Waals surface area contributed by atoms with Gasteiger partial charge in [0.05, 0.1) is 16.6 Å². The largest absolute Gasteiger partial charge is 0.454 e. The van der Waals surface area contributed by atoms with Crippen molar-refractivity contribution < 1.29 is 14.3 Å². The van der Waals surface area contributed by atoms with Crippen molar-refractivity contribution in [2.24, 2.45) is 0 Å². The number of carbonyl (C=O) groups is 1. The van der Waals surface area contributed by atoms with Crippen LogP contribution < -0.4 is 14.4 Å². The van der Waals surface area contributed by atoms with Gasteiger partial charge in [-0.05, 0) is 35.9 Å². The van der Waals surface area contributed by atoms with Gasteiger partial charge in [0, 0.05) is 31.2 Å². The standard InChI is InChI=1S/C20H18ClN3O3S/c21-14-2-3-15-18(11-14)28-20(22-15)24-7-5-23(6-8-24)19(25)10-13-1-4-16-17(9-13)27-12-26-16/h1-4,9,11H,5-8,10,12H2. The number of carbonyl (C=O) groups excluding carboxylic acids is 1. The molecule has 3 heterocycles. The van der Waals surface area contributed by atoms with E-state index < -0.39 is 0 Å². The van der Waals surface area contributed by atoms with E-state index in [2.05, 4.69) is 4.90 Å². The lowest BCUT2D eigenvalue weighted by Gasteiger charge is -2.34. The highest BCUT2D eigenvalue weighted by atomic mass is 35.5. The fourth-order valence-corrected chi connectivity index (χ4v) is 4.80. The molecule has 5 rings (SSSR count). The first-order valence-corrected chi connectivity index (χ1v) is 10.3. The van der Waals surface area contributed by atoms with Gasteiger partial charge in [0.15, 0.2) is 16.6 Å². The highest BCUT2D eigenvalue weighted by molar-refractivity contribution is 7.22. The van der Waals surface area contributed by atoms with Gasteiger partial charge in [0.1, 0.15) is 0 Å². The van der Waals surface area contributed by atoms with E-state index in [1.807, 2.05) is 41.3 Å². The van der Waals surface area contributed by atoms with Crippen molar-refractivity contribution in [3.8, 4) is 11.5 Å². The molecule has 2 aromatic carbocycles. The molecular formula is C20H18ClN3O3S. The second-order valence-corrected chi connectivity index (χ2v) is 8.29. The molecule has 144 valence electrons. The lowest BCUT2D eigenvalue weighted by atomic mass is 10.1. The molecule has 0 N–H and O–H groups in total. The first kappa shape index (κ1) is 17.6. The zero-order valence-corrected chi connectivity index (χ0v) is 16.6. The number of hydrogen-bond donors (Lipinski definition) is 0. The molecule has 2 aliphatic rings. The summed E-state index contributed by atoms with van der Waals surface area (Å²) in [7, 11) is 0. The summed E-state index contributed by atoms with van der Waals surface area (Å²) >= 11 is 7.71. The predicted octanol–water partition coefficient (Wildman–Crippen LogP) is 3.57. The Bertz CT molecular complexity index is 1050. The van der Waals surface area contributed by atoms with E-state index in [-0.39, 0.29) is 12.7 Å². The Hall–Kier alpha value is -2.51. The Balaban J connectivity index is 1.22. The van der Waals surface area contributed by atoms with Crippen molar-refractivity contribution in [2.45, 2.75) is 6.42 Å². The first-order valence-electron chi connectivity index (χ1n) is 9.13. The molecule has 0 spiro atoms. The van der Waals surface area contributed by atoms with Crippen LogP contribution in [0.2, 0.25) is 5.02 Å². The SMILES string of the molecule is O=C(Cc1ccc2c(c1)OCO2)N1CCN(c2nc3ccc(Cl)cc3s2)CC1. The fourth-order valence-electron chi connectivity index (χ4n) is 3.51. The molecule has 28 heavy (non-hydrogen) atoms. The number of thiazole rings is 1. The number of piperazine rings is 1. The van der Waals surface area contributed by atoms with Crippen molar-refractivity contribution >= 4 is 44.2 Å². The minimum atomic E-state index is 0.134. The summed E-state index contributed by atoms with van der Waals surface area (Å²) in [4.78, 5) is 21.6. The third-order valence-electron chi connectivity index (χ3n) is 5.03. The van der Waals surface area contributed by atoms with Crippen LogP contribution in [0.1, 0.15) is 5.56 Å². The van der Waals surface area contributed by atoms with E-state index in [4.69, 9.17) is 26.1 Å². The molecule has 0 saturated carbocycles. The van der Waals surface area contributed by atoms with Crippen LogP contribution >= 0.6 is 22.9 Å². The number of nitrogens with zero attached hydrogens (tertiary/aromatic N) is 3. The molecule has 1 aromatic heterocycles. The van der Waals surface area contributed by atoms with E-state index in [0.29, 0.717) is 25.3 Å². The first-order chi connectivity index (χ1) is 13.7. The van der Waals surface area contributed by atoms with Crippen LogP contribution in [0, 0.1) is 0 Å². The topological polar surface area (TPSA) is 54.9 Å². The number of ether oxygens (including phenoxy) is 2. The van der Waals surface area contributed by atoms with Crippen molar-refractivity contribution in [3.05, 3.63) is 47.0 Å². The van der Waals surface area contributed by atoms with E-state index in [1.54, 1.807) is 11.3 Å². The molecule has 2 aliphatic heterocycles.